The summed E-state index contributed by atoms with van der Waals surface area (Å²) in [6.07, 6.45) is 7.25. The summed E-state index contributed by atoms with van der Waals surface area (Å²) in [5, 5.41) is 10.2. The van der Waals surface area contributed by atoms with Gasteiger partial charge in [-0.25, -0.2) is 9.97 Å². The molecule has 0 aliphatic carbocycles. The average Bonchev–Trinajstić information content (AvgIpc) is 2.45. The predicted molar refractivity (Wildman–Crippen MR) is 76.1 cm³/mol. The molecule has 0 fully saturated rings. The summed E-state index contributed by atoms with van der Waals surface area (Å²) in [5.74, 6) is 1.07. The Bertz CT molecular complexity index is 542. The molecule has 0 aliphatic rings. The molecule has 2 rings (SSSR count). The Hall–Kier alpha value is -1.55. The van der Waals surface area contributed by atoms with Crippen molar-refractivity contribution in [2.24, 2.45) is 0 Å². The second-order valence-corrected chi connectivity index (χ2v) is 4.79. The topological polar surface area (TPSA) is 58.9 Å². The molecular formula is C15H21N3O. The van der Waals surface area contributed by atoms with Crippen molar-refractivity contribution in [1.29, 1.82) is 0 Å². The summed E-state index contributed by atoms with van der Waals surface area (Å²) >= 11 is 0. The minimum Gasteiger partial charge on any atom is -0.396 e. The van der Waals surface area contributed by atoms with Gasteiger partial charge in [-0.15, -0.1) is 0 Å². The number of pyridine rings is 1. The van der Waals surface area contributed by atoms with Crippen molar-refractivity contribution in [2.45, 2.75) is 45.4 Å². The maximum atomic E-state index is 9.15. The smallest absolute Gasteiger partial charge is 0.132 e. The normalized spacial score (nSPS) is 12.8. The lowest BCUT2D eigenvalue weighted by Gasteiger charge is -2.14. The van der Waals surface area contributed by atoms with Gasteiger partial charge in [0.2, 0.25) is 0 Å². The fraction of sp³-hybridized carbons (Fsp3) is 0.533. The maximum absolute atomic E-state index is 9.15. The molecule has 0 radical (unpaired) electrons. The van der Waals surface area contributed by atoms with Crippen molar-refractivity contribution in [2.75, 3.05) is 6.61 Å². The molecular weight excluding hydrogens is 238 g/mol. The van der Waals surface area contributed by atoms with Crippen LogP contribution in [-0.4, -0.2) is 26.7 Å². The lowest BCUT2D eigenvalue weighted by atomic mass is 10.0. The SMILES string of the molecule is CCCc1nc(C(CC)CCO)nc2cnccc12. The van der Waals surface area contributed by atoms with Gasteiger partial charge in [-0.05, 0) is 25.3 Å². The molecule has 0 amide bonds. The van der Waals surface area contributed by atoms with Gasteiger partial charge in [0.15, 0.2) is 0 Å². The van der Waals surface area contributed by atoms with Crippen molar-refractivity contribution in [3.8, 4) is 0 Å². The number of nitrogens with zero attached hydrogens (tertiary/aromatic N) is 3. The molecule has 0 aliphatic heterocycles. The van der Waals surface area contributed by atoms with Gasteiger partial charge in [-0.3, -0.25) is 4.98 Å². The second kappa shape index (κ2) is 6.57. The molecule has 0 aromatic carbocycles. The number of aliphatic hydroxyl groups is 1. The third kappa shape index (κ3) is 3.07. The molecule has 2 aromatic rings. The summed E-state index contributed by atoms with van der Waals surface area (Å²) in [7, 11) is 0. The van der Waals surface area contributed by atoms with Crippen LogP contribution in [0.25, 0.3) is 10.9 Å². The zero-order chi connectivity index (χ0) is 13.7. The van der Waals surface area contributed by atoms with Crippen LogP contribution in [0, 0.1) is 0 Å². The summed E-state index contributed by atoms with van der Waals surface area (Å²) in [6.45, 7) is 4.44. The summed E-state index contributed by atoms with van der Waals surface area (Å²) < 4.78 is 0. The van der Waals surface area contributed by atoms with Gasteiger partial charge in [0.05, 0.1) is 17.4 Å². The van der Waals surface area contributed by atoms with Crippen LogP contribution in [0.2, 0.25) is 0 Å². The second-order valence-electron chi connectivity index (χ2n) is 4.79. The van der Waals surface area contributed by atoms with Gasteiger partial charge in [0, 0.05) is 24.1 Å². The number of aliphatic hydroxyl groups excluding tert-OH is 1. The van der Waals surface area contributed by atoms with E-state index in [2.05, 4.69) is 23.8 Å². The van der Waals surface area contributed by atoms with E-state index >= 15 is 0 Å². The van der Waals surface area contributed by atoms with Gasteiger partial charge in [0.25, 0.3) is 0 Å². The highest BCUT2D eigenvalue weighted by molar-refractivity contribution is 5.79. The van der Waals surface area contributed by atoms with E-state index in [1.807, 2.05) is 6.07 Å². The Balaban J connectivity index is 2.50. The third-order valence-corrected chi connectivity index (χ3v) is 3.42. The average molecular weight is 259 g/mol. The molecule has 19 heavy (non-hydrogen) atoms. The van der Waals surface area contributed by atoms with Gasteiger partial charge in [0.1, 0.15) is 5.82 Å². The molecule has 1 N–H and O–H groups in total. The van der Waals surface area contributed by atoms with Crippen LogP contribution in [0.15, 0.2) is 18.5 Å². The van der Waals surface area contributed by atoms with E-state index in [4.69, 9.17) is 10.1 Å². The Morgan fingerprint density at radius 1 is 1.26 bits per heavy atom. The van der Waals surface area contributed by atoms with Crippen molar-refractivity contribution in [1.82, 2.24) is 15.0 Å². The van der Waals surface area contributed by atoms with Crippen LogP contribution in [0.4, 0.5) is 0 Å². The van der Waals surface area contributed by atoms with Crippen LogP contribution in [-0.2, 0) is 6.42 Å². The first kappa shape index (κ1) is 13.9. The first-order chi connectivity index (χ1) is 9.30. The van der Waals surface area contributed by atoms with Crippen LogP contribution < -0.4 is 0 Å². The zero-order valence-electron chi connectivity index (χ0n) is 11.6. The van der Waals surface area contributed by atoms with E-state index in [9.17, 15) is 0 Å². The zero-order valence-corrected chi connectivity index (χ0v) is 11.6. The van der Waals surface area contributed by atoms with Crippen molar-refractivity contribution >= 4 is 10.9 Å². The highest BCUT2D eigenvalue weighted by Crippen LogP contribution is 2.24. The molecule has 1 atom stereocenters. The van der Waals surface area contributed by atoms with E-state index in [1.54, 1.807) is 12.4 Å². The molecule has 2 heterocycles. The van der Waals surface area contributed by atoms with Gasteiger partial charge < -0.3 is 5.11 Å². The number of hydrogen-bond acceptors (Lipinski definition) is 4. The number of aryl methyl sites for hydroxylation is 1. The summed E-state index contributed by atoms with van der Waals surface area (Å²) in [6, 6.07) is 1.98. The Morgan fingerprint density at radius 2 is 2.11 bits per heavy atom. The molecule has 102 valence electrons. The Morgan fingerprint density at radius 3 is 2.79 bits per heavy atom. The lowest BCUT2D eigenvalue weighted by Crippen LogP contribution is -2.08. The number of fused-ring (bicyclic) bond motifs is 1. The van der Waals surface area contributed by atoms with Crippen molar-refractivity contribution in [3.63, 3.8) is 0 Å². The quantitative estimate of drug-likeness (QED) is 0.866. The van der Waals surface area contributed by atoms with Crippen LogP contribution in [0.1, 0.15) is 50.5 Å². The number of hydrogen-bond donors (Lipinski definition) is 1. The summed E-state index contributed by atoms with van der Waals surface area (Å²) in [4.78, 5) is 13.5. The number of aromatic nitrogens is 3. The lowest BCUT2D eigenvalue weighted by molar-refractivity contribution is 0.272. The van der Waals surface area contributed by atoms with Crippen molar-refractivity contribution in [3.05, 3.63) is 30.0 Å². The predicted octanol–water partition coefficient (Wildman–Crippen LogP) is 2.85. The fourth-order valence-corrected chi connectivity index (χ4v) is 2.35. The molecule has 4 heteroatoms. The van der Waals surface area contributed by atoms with Crippen molar-refractivity contribution < 1.29 is 5.11 Å². The molecule has 0 bridgehead atoms. The molecule has 0 saturated heterocycles. The number of rotatable bonds is 6. The Kier molecular flexibility index (Phi) is 4.80. The van der Waals surface area contributed by atoms with Crippen LogP contribution in [0.5, 0.6) is 0 Å². The molecule has 0 spiro atoms. The van der Waals surface area contributed by atoms with E-state index in [1.165, 1.54) is 0 Å². The molecule has 1 unspecified atom stereocenters. The summed E-state index contributed by atoms with van der Waals surface area (Å²) in [5.41, 5.74) is 2.01. The first-order valence-corrected chi connectivity index (χ1v) is 7.01. The first-order valence-electron chi connectivity index (χ1n) is 7.01. The van der Waals surface area contributed by atoms with E-state index < -0.39 is 0 Å². The third-order valence-electron chi connectivity index (χ3n) is 3.42. The Labute approximate surface area is 113 Å². The maximum Gasteiger partial charge on any atom is 0.132 e. The van der Waals surface area contributed by atoms with Crippen LogP contribution >= 0.6 is 0 Å². The highest BCUT2D eigenvalue weighted by Gasteiger charge is 2.15. The van der Waals surface area contributed by atoms with Crippen LogP contribution in [0.3, 0.4) is 0 Å². The van der Waals surface area contributed by atoms with Gasteiger partial charge in [-0.2, -0.15) is 0 Å². The standard InChI is InChI=1S/C15H21N3O/c1-3-5-13-12-6-8-16-10-14(12)18-15(17-13)11(4-2)7-9-19/h6,8,10-11,19H,3-5,7,9H2,1-2H3. The highest BCUT2D eigenvalue weighted by atomic mass is 16.3. The largest absolute Gasteiger partial charge is 0.396 e. The minimum atomic E-state index is 0.177. The molecule has 0 saturated carbocycles. The van der Waals surface area contributed by atoms with E-state index in [-0.39, 0.29) is 12.5 Å². The van der Waals surface area contributed by atoms with E-state index in [0.29, 0.717) is 6.42 Å². The fourth-order valence-electron chi connectivity index (χ4n) is 2.35. The minimum absolute atomic E-state index is 0.177. The van der Waals surface area contributed by atoms with Gasteiger partial charge in [-0.1, -0.05) is 20.3 Å². The monoisotopic (exact) mass is 259 g/mol. The molecule has 2 aromatic heterocycles. The van der Waals surface area contributed by atoms with Gasteiger partial charge >= 0.3 is 0 Å². The van der Waals surface area contributed by atoms with E-state index in [0.717, 1.165) is 41.7 Å². The molecule has 4 nitrogen and oxygen atoms in total.